The molecule has 21 heavy (non-hydrogen) atoms. The number of nitrogens with zero attached hydrogens (tertiary/aromatic N) is 2. The number of rotatable bonds is 6. The standard InChI is InChI=1S/C12H20N4O5/c1-2-12(10(19)20)3-4-15(7-12)11(21)16(5-8(13)17)6-9(14)18/h2-7H2,1H3,(H2,13,17)(H2,14,18)(H,19,20). The summed E-state index contributed by atoms with van der Waals surface area (Å²) in [5.41, 5.74) is 9.09. The minimum Gasteiger partial charge on any atom is -0.481 e. The van der Waals surface area contributed by atoms with Crippen molar-refractivity contribution in [3.8, 4) is 0 Å². The summed E-state index contributed by atoms with van der Waals surface area (Å²) in [6.07, 6.45) is 0.712. The molecular formula is C12H20N4O5. The number of amides is 4. The van der Waals surface area contributed by atoms with E-state index in [1.807, 2.05) is 0 Å². The largest absolute Gasteiger partial charge is 0.481 e. The van der Waals surface area contributed by atoms with E-state index in [9.17, 15) is 24.3 Å². The van der Waals surface area contributed by atoms with Crippen LogP contribution in [0.3, 0.4) is 0 Å². The Morgan fingerprint density at radius 2 is 1.71 bits per heavy atom. The van der Waals surface area contributed by atoms with Crippen molar-refractivity contribution in [3.63, 3.8) is 0 Å². The molecule has 118 valence electrons. The second kappa shape index (κ2) is 6.42. The Kier molecular flexibility index (Phi) is 5.12. The number of aliphatic carboxylic acids is 1. The average Bonchev–Trinajstić information content (AvgIpc) is 2.81. The molecule has 1 heterocycles. The van der Waals surface area contributed by atoms with E-state index >= 15 is 0 Å². The highest BCUT2D eigenvalue weighted by atomic mass is 16.4. The van der Waals surface area contributed by atoms with Gasteiger partial charge in [-0.05, 0) is 12.8 Å². The van der Waals surface area contributed by atoms with E-state index in [1.165, 1.54) is 4.90 Å². The van der Waals surface area contributed by atoms with Gasteiger partial charge >= 0.3 is 12.0 Å². The van der Waals surface area contributed by atoms with Gasteiger partial charge in [-0.2, -0.15) is 0 Å². The maximum atomic E-state index is 12.3. The molecule has 1 aliphatic rings. The summed E-state index contributed by atoms with van der Waals surface area (Å²) in [5, 5.41) is 9.29. The lowest BCUT2D eigenvalue weighted by molar-refractivity contribution is -0.148. The Labute approximate surface area is 121 Å². The molecule has 0 bridgehead atoms. The summed E-state index contributed by atoms with van der Waals surface area (Å²) in [6.45, 7) is 1.14. The normalized spacial score (nSPS) is 21.1. The van der Waals surface area contributed by atoms with Gasteiger partial charge in [0.15, 0.2) is 0 Å². The number of hydrogen-bond acceptors (Lipinski definition) is 4. The predicted molar refractivity (Wildman–Crippen MR) is 71.9 cm³/mol. The summed E-state index contributed by atoms with van der Waals surface area (Å²) in [6, 6.07) is -0.607. The molecule has 9 nitrogen and oxygen atoms in total. The first kappa shape index (κ1) is 16.7. The number of urea groups is 1. The Morgan fingerprint density at radius 1 is 1.19 bits per heavy atom. The molecule has 4 amide bonds. The number of carbonyl (C=O) groups is 4. The lowest BCUT2D eigenvalue weighted by atomic mass is 9.84. The Bertz CT molecular complexity index is 451. The summed E-state index contributed by atoms with van der Waals surface area (Å²) in [5.74, 6) is -2.51. The minimum absolute atomic E-state index is 0.0334. The van der Waals surface area contributed by atoms with Gasteiger partial charge < -0.3 is 26.4 Å². The molecule has 1 saturated heterocycles. The first-order chi connectivity index (χ1) is 9.71. The maximum absolute atomic E-state index is 12.3. The van der Waals surface area contributed by atoms with E-state index < -0.39 is 42.3 Å². The van der Waals surface area contributed by atoms with Crippen LogP contribution in [0.4, 0.5) is 4.79 Å². The van der Waals surface area contributed by atoms with E-state index in [-0.39, 0.29) is 13.1 Å². The van der Waals surface area contributed by atoms with Crippen LogP contribution in [0.25, 0.3) is 0 Å². The highest BCUT2D eigenvalue weighted by Gasteiger charge is 2.45. The SMILES string of the molecule is CCC1(C(=O)O)CCN(C(=O)N(CC(N)=O)CC(N)=O)C1. The Balaban J connectivity index is 2.83. The van der Waals surface area contributed by atoms with Crippen molar-refractivity contribution < 1.29 is 24.3 Å². The maximum Gasteiger partial charge on any atom is 0.320 e. The molecule has 0 aromatic heterocycles. The van der Waals surface area contributed by atoms with Crippen molar-refractivity contribution in [2.45, 2.75) is 19.8 Å². The number of carboxylic acids is 1. The fourth-order valence-electron chi connectivity index (χ4n) is 2.42. The zero-order valence-electron chi connectivity index (χ0n) is 11.9. The Morgan fingerprint density at radius 3 is 2.05 bits per heavy atom. The zero-order valence-corrected chi connectivity index (χ0v) is 11.9. The van der Waals surface area contributed by atoms with E-state index in [2.05, 4.69) is 0 Å². The fourth-order valence-corrected chi connectivity index (χ4v) is 2.42. The van der Waals surface area contributed by atoms with Crippen LogP contribution in [0.2, 0.25) is 0 Å². The third kappa shape index (κ3) is 3.83. The lowest BCUT2D eigenvalue weighted by Gasteiger charge is -2.28. The summed E-state index contributed by atoms with van der Waals surface area (Å²) < 4.78 is 0. The molecule has 1 fully saturated rings. The smallest absolute Gasteiger partial charge is 0.320 e. The highest BCUT2D eigenvalue weighted by molar-refractivity contribution is 5.88. The molecule has 0 aromatic carbocycles. The molecule has 1 rings (SSSR count). The number of hydrogen-bond donors (Lipinski definition) is 3. The molecular weight excluding hydrogens is 280 g/mol. The molecule has 0 saturated carbocycles. The van der Waals surface area contributed by atoms with Crippen LogP contribution < -0.4 is 11.5 Å². The quantitative estimate of drug-likeness (QED) is 0.550. The second-order valence-corrected chi connectivity index (χ2v) is 5.18. The van der Waals surface area contributed by atoms with Gasteiger partial charge in [0.25, 0.3) is 0 Å². The summed E-state index contributed by atoms with van der Waals surface area (Å²) >= 11 is 0. The van der Waals surface area contributed by atoms with Gasteiger partial charge in [-0.1, -0.05) is 6.92 Å². The van der Waals surface area contributed by atoms with E-state index in [4.69, 9.17) is 11.5 Å². The first-order valence-corrected chi connectivity index (χ1v) is 6.55. The molecule has 0 aromatic rings. The van der Waals surface area contributed by atoms with Crippen molar-refractivity contribution in [2.24, 2.45) is 16.9 Å². The molecule has 0 spiro atoms. The van der Waals surface area contributed by atoms with Crippen LogP contribution in [-0.2, 0) is 14.4 Å². The predicted octanol–water partition coefficient (Wildman–Crippen LogP) is -1.43. The monoisotopic (exact) mass is 300 g/mol. The van der Waals surface area contributed by atoms with Crippen LogP contribution >= 0.6 is 0 Å². The zero-order chi connectivity index (χ0) is 16.2. The van der Waals surface area contributed by atoms with Crippen LogP contribution in [-0.4, -0.2) is 64.9 Å². The van der Waals surface area contributed by atoms with Gasteiger partial charge in [0.05, 0.1) is 5.41 Å². The lowest BCUT2D eigenvalue weighted by Crippen LogP contribution is -2.49. The molecule has 9 heteroatoms. The topological polar surface area (TPSA) is 147 Å². The number of carboxylic acid groups (broad SMARTS) is 1. The Hall–Kier alpha value is -2.32. The van der Waals surface area contributed by atoms with Gasteiger partial charge in [-0.25, -0.2) is 4.79 Å². The van der Waals surface area contributed by atoms with Crippen molar-refractivity contribution in [2.75, 3.05) is 26.2 Å². The summed E-state index contributed by atoms with van der Waals surface area (Å²) in [4.78, 5) is 47.8. The molecule has 5 N–H and O–H groups in total. The van der Waals surface area contributed by atoms with Crippen molar-refractivity contribution >= 4 is 23.8 Å². The van der Waals surface area contributed by atoms with Gasteiger partial charge in [-0.15, -0.1) is 0 Å². The molecule has 1 atom stereocenters. The number of primary amides is 2. The number of nitrogens with two attached hydrogens (primary N) is 2. The van der Waals surface area contributed by atoms with Crippen LogP contribution in [0, 0.1) is 5.41 Å². The molecule has 1 unspecified atom stereocenters. The van der Waals surface area contributed by atoms with Crippen LogP contribution in [0.15, 0.2) is 0 Å². The number of likely N-dealkylation sites (tertiary alicyclic amines) is 1. The van der Waals surface area contributed by atoms with Crippen LogP contribution in [0.5, 0.6) is 0 Å². The molecule has 0 aliphatic carbocycles. The van der Waals surface area contributed by atoms with Crippen molar-refractivity contribution in [1.82, 2.24) is 9.80 Å². The van der Waals surface area contributed by atoms with Crippen molar-refractivity contribution in [3.05, 3.63) is 0 Å². The van der Waals surface area contributed by atoms with E-state index in [0.717, 1.165) is 4.90 Å². The number of carbonyl (C=O) groups excluding carboxylic acids is 3. The fraction of sp³-hybridized carbons (Fsp3) is 0.667. The van der Waals surface area contributed by atoms with E-state index in [0.29, 0.717) is 12.8 Å². The van der Waals surface area contributed by atoms with Crippen molar-refractivity contribution in [1.29, 1.82) is 0 Å². The first-order valence-electron chi connectivity index (χ1n) is 6.55. The third-order valence-corrected chi connectivity index (χ3v) is 3.72. The van der Waals surface area contributed by atoms with E-state index in [1.54, 1.807) is 6.92 Å². The van der Waals surface area contributed by atoms with Gasteiger partial charge in [0, 0.05) is 13.1 Å². The second-order valence-electron chi connectivity index (χ2n) is 5.18. The third-order valence-electron chi connectivity index (χ3n) is 3.72. The van der Waals surface area contributed by atoms with Gasteiger partial charge in [0.2, 0.25) is 11.8 Å². The summed E-state index contributed by atoms with van der Waals surface area (Å²) in [7, 11) is 0. The minimum atomic E-state index is -0.985. The average molecular weight is 300 g/mol. The molecule has 1 aliphatic heterocycles. The molecule has 0 radical (unpaired) electrons. The van der Waals surface area contributed by atoms with Gasteiger partial charge in [0.1, 0.15) is 13.1 Å². The highest BCUT2D eigenvalue weighted by Crippen LogP contribution is 2.34. The van der Waals surface area contributed by atoms with Crippen LogP contribution in [0.1, 0.15) is 19.8 Å². The van der Waals surface area contributed by atoms with Gasteiger partial charge in [-0.3, -0.25) is 14.4 Å².